The first-order valence-electron chi connectivity index (χ1n) is 12.9. The molecule has 4 rings (SSSR count). The molecule has 35 heavy (non-hydrogen) atoms. The van der Waals surface area contributed by atoms with Gasteiger partial charge in [-0.25, -0.2) is 0 Å². The van der Waals surface area contributed by atoms with Gasteiger partial charge in [0.1, 0.15) is 17.0 Å². The molecule has 8 heteroatoms. The smallest absolute Gasteiger partial charge is 0.273 e. The molecule has 0 bridgehead atoms. The monoisotopic (exact) mass is 482 g/mol. The highest BCUT2D eigenvalue weighted by Crippen LogP contribution is 2.34. The third kappa shape index (κ3) is 5.37. The second-order valence-corrected chi connectivity index (χ2v) is 9.80. The first kappa shape index (κ1) is 25.2. The van der Waals surface area contributed by atoms with Gasteiger partial charge in [-0.15, -0.1) is 0 Å². The summed E-state index contributed by atoms with van der Waals surface area (Å²) in [7, 11) is 1.60. The minimum absolute atomic E-state index is 0.125. The number of aromatic nitrogens is 2. The summed E-state index contributed by atoms with van der Waals surface area (Å²) in [6, 6.07) is 9.73. The van der Waals surface area contributed by atoms with Crippen LogP contribution in [0.15, 0.2) is 30.3 Å². The van der Waals surface area contributed by atoms with E-state index < -0.39 is 5.54 Å². The molecule has 2 amide bonds. The first-order chi connectivity index (χ1) is 17.0. The molecule has 1 N–H and O–H groups in total. The number of nitrogens with one attached hydrogen (secondary N) is 1. The highest BCUT2D eigenvalue weighted by atomic mass is 16.5. The van der Waals surface area contributed by atoms with Crippen LogP contribution in [0.25, 0.3) is 11.3 Å². The van der Waals surface area contributed by atoms with Gasteiger partial charge >= 0.3 is 0 Å². The van der Waals surface area contributed by atoms with Crippen molar-refractivity contribution in [3.8, 4) is 17.0 Å². The summed E-state index contributed by atoms with van der Waals surface area (Å²) in [6.07, 6.45) is 7.45. The van der Waals surface area contributed by atoms with Crippen LogP contribution in [0.2, 0.25) is 0 Å². The number of benzene rings is 1. The minimum atomic E-state index is -1.06. The summed E-state index contributed by atoms with van der Waals surface area (Å²) in [6.45, 7) is 5.57. The van der Waals surface area contributed by atoms with Crippen molar-refractivity contribution in [1.82, 2.24) is 20.0 Å². The highest BCUT2D eigenvalue weighted by Gasteiger charge is 2.48. The molecule has 0 unspecified atom stereocenters. The van der Waals surface area contributed by atoms with Crippen molar-refractivity contribution in [3.05, 3.63) is 36.0 Å². The maximum atomic E-state index is 13.7. The topological polar surface area (TPSA) is 85.7 Å². The molecule has 1 atom stereocenters. The van der Waals surface area contributed by atoms with E-state index in [0.29, 0.717) is 31.1 Å². The third-order valence-electron chi connectivity index (χ3n) is 7.16. The van der Waals surface area contributed by atoms with Gasteiger partial charge in [0.05, 0.1) is 25.5 Å². The van der Waals surface area contributed by atoms with Crippen LogP contribution < -0.4 is 10.1 Å². The van der Waals surface area contributed by atoms with E-state index in [1.54, 1.807) is 16.7 Å². The fourth-order valence-corrected chi connectivity index (χ4v) is 5.02. The van der Waals surface area contributed by atoms with Crippen LogP contribution in [-0.4, -0.2) is 64.9 Å². The largest absolute Gasteiger partial charge is 0.493 e. The zero-order valence-electron chi connectivity index (χ0n) is 21.2. The Morgan fingerprint density at radius 3 is 2.71 bits per heavy atom. The predicted molar refractivity (Wildman–Crippen MR) is 134 cm³/mol. The number of carbonyl (C=O) groups excluding carboxylic acids is 2. The number of para-hydroxylation sites is 1. The van der Waals surface area contributed by atoms with Crippen molar-refractivity contribution in [2.75, 3.05) is 26.9 Å². The average molecular weight is 483 g/mol. The fraction of sp³-hybridized carbons (Fsp3) is 0.593. The van der Waals surface area contributed by atoms with E-state index in [1.807, 2.05) is 37.3 Å². The van der Waals surface area contributed by atoms with Crippen LogP contribution >= 0.6 is 0 Å². The van der Waals surface area contributed by atoms with Crippen LogP contribution in [-0.2, 0) is 16.1 Å². The van der Waals surface area contributed by atoms with E-state index in [1.165, 1.54) is 6.42 Å². The second kappa shape index (κ2) is 11.2. The van der Waals surface area contributed by atoms with E-state index >= 15 is 0 Å². The number of unbranched alkanes of at least 4 members (excludes halogenated alkanes) is 1. The molecular weight excluding hydrogens is 444 g/mol. The maximum absolute atomic E-state index is 13.7. The van der Waals surface area contributed by atoms with Crippen LogP contribution in [0.4, 0.5) is 0 Å². The molecule has 1 aliphatic carbocycles. The Balaban J connectivity index is 1.64. The standard InChI is InChI=1S/C27H38N4O4/c1-4-5-16-35-24-14-10-9-13-21(24)22-18-23-25(32)30(15-17-34-3)27(2,19-31(23)29-22)26(33)28-20-11-7-6-8-12-20/h9-10,13-14,18,20H,4-8,11-12,15-17,19H2,1-3H3,(H,28,33)/t27-/m1/s1. The van der Waals surface area contributed by atoms with Crippen molar-refractivity contribution in [3.63, 3.8) is 0 Å². The van der Waals surface area contributed by atoms with Crippen molar-refractivity contribution < 1.29 is 19.1 Å². The molecule has 0 saturated heterocycles. The van der Waals surface area contributed by atoms with Gasteiger partial charge in [-0.2, -0.15) is 5.10 Å². The summed E-state index contributed by atoms with van der Waals surface area (Å²) in [5.74, 6) is 0.412. The van der Waals surface area contributed by atoms with Gasteiger partial charge in [-0.05, 0) is 44.4 Å². The van der Waals surface area contributed by atoms with Crippen molar-refractivity contribution in [2.45, 2.75) is 76.9 Å². The van der Waals surface area contributed by atoms with Crippen LogP contribution in [0.3, 0.4) is 0 Å². The number of ether oxygens (including phenoxy) is 2. The summed E-state index contributed by atoms with van der Waals surface area (Å²) < 4.78 is 13.0. The van der Waals surface area contributed by atoms with E-state index in [-0.39, 0.29) is 24.4 Å². The average Bonchev–Trinajstić information content (AvgIpc) is 3.29. The number of hydrogen-bond donors (Lipinski definition) is 1. The highest BCUT2D eigenvalue weighted by molar-refractivity contribution is 6.00. The van der Waals surface area contributed by atoms with Crippen molar-refractivity contribution in [1.29, 1.82) is 0 Å². The molecule has 2 aromatic rings. The second-order valence-electron chi connectivity index (χ2n) is 9.80. The van der Waals surface area contributed by atoms with Crippen LogP contribution in [0, 0.1) is 0 Å². The molecule has 190 valence electrons. The Labute approximate surface area is 208 Å². The Morgan fingerprint density at radius 1 is 1.20 bits per heavy atom. The lowest BCUT2D eigenvalue weighted by molar-refractivity contribution is -0.134. The van der Waals surface area contributed by atoms with E-state index in [4.69, 9.17) is 14.6 Å². The third-order valence-corrected chi connectivity index (χ3v) is 7.16. The van der Waals surface area contributed by atoms with E-state index in [2.05, 4.69) is 12.2 Å². The number of nitrogens with zero attached hydrogens (tertiary/aromatic N) is 3. The van der Waals surface area contributed by atoms with E-state index in [0.717, 1.165) is 49.8 Å². The number of rotatable bonds is 10. The summed E-state index contributed by atoms with van der Waals surface area (Å²) in [4.78, 5) is 28.9. The Morgan fingerprint density at radius 2 is 1.97 bits per heavy atom. The molecule has 1 aliphatic heterocycles. The van der Waals surface area contributed by atoms with Gasteiger partial charge in [-0.3, -0.25) is 14.3 Å². The number of methoxy groups -OCH3 is 1. The van der Waals surface area contributed by atoms with Gasteiger partial charge in [0.15, 0.2) is 0 Å². The minimum Gasteiger partial charge on any atom is -0.493 e. The molecule has 1 fully saturated rings. The molecule has 1 aromatic heterocycles. The molecule has 2 aliphatic rings. The van der Waals surface area contributed by atoms with Crippen molar-refractivity contribution in [2.24, 2.45) is 0 Å². The summed E-state index contributed by atoms with van der Waals surface area (Å²) in [5, 5.41) is 8.01. The molecule has 0 radical (unpaired) electrons. The van der Waals surface area contributed by atoms with Gasteiger partial charge in [-0.1, -0.05) is 44.7 Å². The number of fused-ring (bicyclic) bond motifs is 1. The Hall–Kier alpha value is -2.87. The van der Waals surface area contributed by atoms with Crippen LogP contribution in [0.1, 0.15) is 69.3 Å². The first-order valence-corrected chi connectivity index (χ1v) is 12.9. The molecule has 1 saturated carbocycles. The molecule has 0 spiro atoms. The van der Waals surface area contributed by atoms with Gasteiger partial charge in [0.25, 0.3) is 5.91 Å². The fourth-order valence-electron chi connectivity index (χ4n) is 5.02. The molecular formula is C27H38N4O4. The Bertz CT molecular complexity index is 1030. The zero-order chi connectivity index (χ0) is 24.8. The van der Waals surface area contributed by atoms with Gasteiger partial charge in [0.2, 0.25) is 5.91 Å². The zero-order valence-corrected chi connectivity index (χ0v) is 21.2. The number of hydrogen-bond acceptors (Lipinski definition) is 5. The van der Waals surface area contributed by atoms with Gasteiger partial charge in [0, 0.05) is 25.3 Å². The van der Waals surface area contributed by atoms with E-state index in [9.17, 15) is 9.59 Å². The summed E-state index contributed by atoms with van der Waals surface area (Å²) in [5.41, 5.74) is 0.933. The molecule has 1 aromatic carbocycles. The summed E-state index contributed by atoms with van der Waals surface area (Å²) >= 11 is 0. The van der Waals surface area contributed by atoms with Crippen LogP contribution in [0.5, 0.6) is 5.75 Å². The molecule has 2 heterocycles. The Kier molecular flexibility index (Phi) is 8.11. The quantitative estimate of drug-likeness (QED) is 0.517. The van der Waals surface area contributed by atoms with Gasteiger partial charge < -0.3 is 19.7 Å². The lowest BCUT2D eigenvalue weighted by Gasteiger charge is -2.44. The normalized spacial score (nSPS) is 20.5. The lowest BCUT2D eigenvalue weighted by atomic mass is 9.91. The van der Waals surface area contributed by atoms with Crippen molar-refractivity contribution >= 4 is 11.8 Å². The molecule has 8 nitrogen and oxygen atoms in total. The number of carbonyl (C=O) groups is 2. The SMILES string of the molecule is CCCCOc1ccccc1-c1cc2n(n1)C[C@](C)(C(=O)NC1CCCCC1)N(CCOC)C2=O. The predicted octanol–water partition coefficient (Wildman–Crippen LogP) is 4.04. The maximum Gasteiger partial charge on any atom is 0.273 e. The lowest BCUT2D eigenvalue weighted by Crippen LogP contribution is -2.65. The number of amides is 2.